The zero-order valence-corrected chi connectivity index (χ0v) is 15.7. The molecule has 0 spiro atoms. The van der Waals surface area contributed by atoms with Crippen molar-refractivity contribution in [3.63, 3.8) is 0 Å². The highest BCUT2D eigenvalue weighted by atomic mass is 16.1. The highest BCUT2D eigenvalue weighted by molar-refractivity contribution is 5.73. The van der Waals surface area contributed by atoms with Crippen LogP contribution < -0.4 is 10.6 Å². The minimum atomic E-state index is -0.236. The second kappa shape index (κ2) is 8.21. The van der Waals surface area contributed by atoms with Crippen molar-refractivity contribution in [3.8, 4) is 16.8 Å². The molecular weight excluding hydrogens is 352 g/mol. The van der Waals surface area contributed by atoms with E-state index in [9.17, 15) is 4.79 Å². The number of aromatic nitrogens is 4. The van der Waals surface area contributed by atoms with Crippen molar-refractivity contribution < 1.29 is 4.79 Å². The number of hydrogen-bond donors (Lipinski definition) is 1. The normalized spacial score (nSPS) is 16.9. The van der Waals surface area contributed by atoms with E-state index in [-0.39, 0.29) is 5.91 Å². The maximum atomic E-state index is 11.1. The molecule has 2 heterocycles. The molecule has 0 unspecified atom stereocenters. The topological polar surface area (TPSA) is 89.9 Å². The number of primary amides is 1. The maximum Gasteiger partial charge on any atom is 0.250 e. The van der Waals surface area contributed by atoms with Crippen molar-refractivity contribution in [2.45, 2.75) is 25.7 Å². The van der Waals surface area contributed by atoms with Crippen LogP contribution in [0.15, 0.2) is 54.6 Å². The van der Waals surface area contributed by atoms with Gasteiger partial charge in [-0.15, -0.1) is 0 Å². The van der Waals surface area contributed by atoms with E-state index in [1.807, 2.05) is 30.3 Å². The molecule has 28 heavy (non-hydrogen) atoms. The molecular formula is C21H24N6O. The van der Waals surface area contributed by atoms with Crippen molar-refractivity contribution in [1.82, 2.24) is 20.2 Å². The van der Waals surface area contributed by atoms with Gasteiger partial charge in [-0.2, -0.15) is 4.68 Å². The molecule has 7 nitrogen and oxygen atoms in total. The number of carbonyl (C=O) groups excluding carboxylic acids is 1. The number of nitrogens with two attached hydrogens (primary N) is 1. The predicted octanol–water partition coefficient (Wildman–Crippen LogP) is 2.81. The third-order valence-electron chi connectivity index (χ3n) is 5.27. The first kappa shape index (κ1) is 18.2. The Bertz CT molecular complexity index is 922. The Hall–Kier alpha value is -3.22. The highest BCUT2D eigenvalue weighted by Gasteiger charge is 2.24. The lowest BCUT2D eigenvalue weighted by Gasteiger charge is -2.32. The van der Waals surface area contributed by atoms with Gasteiger partial charge < -0.3 is 10.6 Å². The molecule has 1 aliphatic rings. The van der Waals surface area contributed by atoms with E-state index in [0.717, 1.165) is 49.6 Å². The molecule has 144 valence electrons. The Morgan fingerprint density at radius 1 is 1.07 bits per heavy atom. The van der Waals surface area contributed by atoms with E-state index < -0.39 is 0 Å². The van der Waals surface area contributed by atoms with E-state index in [1.54, 1.807) is 4.68 Å². The van der Waals surface area contributed by atoms with E-state index in [0.29, 0.717) is 12.3 Å². The first-order chi connectivity index (χ1) is 13.7. The number of benzene rings is 2. The molecule has 2 aromatic carbocycles. The Balaban J connectivity index is 1.52. The Labute approximate surface area is 164 Å². The minimum absolute atomic E-state index is 0.236. The monoisotopic (exact) mass is 376 g/mol. The van der Waals surface area contributed by atoms with Gasteiger partial charge in [-0.25, -0.2) is 0 Å². The molecule has 0 radical (unpaired) electrons. The van der Waals surface area contributed by atoms with Gasteiger partial charge in [0.25, 0.3) is 0 Å². The summed E-state index contributed by atoms with van der Waals surface area (Å²) in [6.45, 7) is 1.76. The van der Waals surface area contributed by atoms with Crippen molar-refractivity contribution in [3.05, 3.63) is 54.6 Å². The SMILES string of the molecule is NC(=O)CC[C@@H]1CCCN(c2nnnn2-c2ccc(-c3ccccc3)cc2)C1. The van der Waals surface area contributed by atoms with Crippen LogP contribution >= 0.6 is 0 Å². The molecule has 0 aliphatic carbocycles. The lowest BCUT2D eigenvalue weighted by atomic mass is 9.93. The summed E-state index contributed by atoms with van der Waals surface area (Å²) in [4.78, 5) is 13.3. The van der Waals surface area contributed by atoms with Gasteiger partial charge in [0.2, 0.25) is 11.9 Å². The van der Waals surface area contributed by atoms with Crippen LogP contribution in [0.2, 0.25) is 0 Å². The quantitative estimate of drug-likeness (QED) is 0.714. The zero-order chi connectivity index (χ0) is 19.3. The van der Waals surface area contributed by atoms with Gasteiger partial charge in [-0.05, 0) is 58.9 Å². The first-order valence-electron chi connectivity index (χ1n) is 9.68. The molecule has 2 N–H and O–H groups in total. The molecule has 0 bridgehead atoms. The molecule has 3 aromatic rings. The van der Waals surface area contributed by atoms with Gasteiger partial charge >= 0.3 is 0 Å². The van der Waals surface area contributed by atoms with Crippen LogP contribution in [0.1, 0.15) is 25.7 Å². The average molecular weight is 376 g/mol. The number of amides is 1. The zero-order valence-electron chi connectivity index (χ0n) is 15.7. The maximum absolute atomic E-state index is 11.1. The summed E-state index contributed by atoms with van der Waals surface area (Å²) in [5.41, 5.74) is 8.57. The van der Waals surface area contributed by atoms with Crippen LogP contribution in [-0.4, -0.2) is 39.2 Å². The molecule has 1 atom stereocenters. The Morgan fingerprint density at radius 3 is 2.57 bits per heavy atom. The molecule has 0 saturated carbocycles. The van der Waals surface area contributed by atoms with Crippen LogP contribution in [0.25, 0.3) is 16.8 Å². The highest BCUT2D eigenvalue weighted by Crippen LogP contribution is 2.26. The van der Waals surface area contributed by atoms with E-state index in [1.165, 1.54) is 5.56 Å². The number of rotatable bonds is 6. The number of tetrazole rings is 1. The number of anilines is 1. The smallest absolute Gasteiger partial charge is 0.250 e. The van der Waals surface area contributed by atoms with Crippen molar-refractivity contribution in [2.24, 2.45) is 11.7 Å². The first-order valence-corrected chi connectivity index (χ1v) is 9.68. The second-order valence-electron chi connectivity index (χ2n) is 7.26. The number of piperidine rings is 1. The van der Waals surface area contributed by atoms with E-state index in [4.69, 9.17) is 5.73 Å². The van der Waals surface area contributed by atoms with Crippen molar-refractivity contribution in [2.75, 3.05) is 18.0 Å². The van der Waals surface area contributed by atoms with Crippen molar-refractivity contribution in [1.29, 1.82) is 0 Å². The molecule has 7 heteroatoms. The fourth-order valence-corrected chi connectivity index (χ4v) is 3.80. The van der Waals surface area contributed by atoms with Crippen LogP contribution in [-0.2, 0) is 4.79 Å². The summed E-state index contributed by atoms with van der Waals surface area (Å²) < 4.78 is 1.78. The van der Waals surface area contributed by atoms with Crippen LogP contribution in [0.3, 0.4) is 0 Å². The Morgan fingerprint density at radius 2 is 1.82 bits per heavy atom. The fourth-order valence-electron chi connectivity index (χ4n) is 3.80. The predicted molar refractivity (Wildman–Crippen MR) is 108 cm³/mol. The summed E-state index contributed by atoms with van der Waals surface area (Å²) in [7, 11) is 0. The molecule has 1 aliphatic heterocycles. The lowest BCUT2D eigenvalue weighted by molar-refractivity contribution is -0.118. The molecule has 1 amide bonds. The second-order valence-corrected chi connectivity index (χ2v) is 7.26. The van der Waals surface area contributed by atoms with Crippen LogP contribution in [0, 0.1) is 5.92 Å². The van der Waals surface area contributed by atoms with Gasteiger partial charge in [0, 0.05) is 19.5 Å². The van der Waals surface area contributed by atoms with Gasteiger partial charge in [0.15, 0.2) is 0 Å². The molecule has 1 aromatic heterocycles. The summed E-state index contributed by atoms with van der Waals surface area (Å²) >= 11 is 0. The lowest BCUT2D eigenvalue weighted by Crippen LogP contribution is -2.37. The third kappa shape index (κ3) is 4.03. The van der Waals surface area contributed by atoms with Gasteiger partial charge in [0.1, 0.15) is 0 Å². The summed E-state index contributed by atoms with van der Waals surface area (Å²) in [6, 6.07) is 18.5. The third-order valence-corrected chi connectivity index (χ3v) is 5.27. The van der Waals surface area contributed by atoms with Crippen LogP contribution in [0.5, 0.6) is 0 Å². The summed E-state index contributed by atoms with van der Waals surface area (Å²) in [5.74, 6) is 0.948. The largest absolute Gasteiger partial charge is 0.370 e. The van der Waals surface area contributed by atoms with Gasteiger partial charge in [-0.1, -0.05) is 47.6 Å². The standard InChI is InChI=1S/C21H24N6O/c22-20(28)13-8-16-5-4-14-26(15-16)21-23-24-25-27(21)19-11-9-18(10-12-19)17-6-2-1-3-7-17/h1-3,6-7,9-12,16H,4-5,8,13-15H2,(H2,22,28)/t16-/m0/s1. The summed E-state index contributed by atoms with van der Waals surface area (Å²) in [5, 5.41) is 12.4. The van der Waals surface area contributed by atoms with E-state index in [2.05, 4.69) is 44.7 Å². The van der Waals surface area contributed by atoms with Crippen molar-refractivity contribution >= 4 is 11.9 Å². The summed E-state index contributed by atoms with van der Waals surface area (Å²) in [6.07, 6.45) is 3.42. The Kier molecular flexibility index (Phi) is 5.32. The number of carbonyl (C=O) groups is 1. The molecule has 1 saturated heterocycles. The van der Waals surface area contributed by atoms with Gasteiger partial charge in [-0.3, -0.25) is 4.79 Å². The fraction of sp³-hybridized carbons (Fsp3) is 0.333. The van der Waals surface area contributed by atoms with Crippen LogP contribution in [0.4, 0.5) is 5.95 Å². The average Bonchev–Trinajstić information content (AvgIpc) is 3.23. The molecule has 4 rings (SSSR count). The number of hydrogen-bond acceptors (Lipinski definition) is 5. The number of nitrogens with zero attached hydrogens (tertiary/aromatic N) is 5. The minimum Gasteiger partial charge on any atom is -0.370 e. The van der Waals surface area contributed by atoms with E-state index >= 15 is 0 Å². The molecule has 1 fully saturated rings. The van der Waals surface area contributed by atoms with Gasteiger partial charge in [0.05, 0.1) is 5.69 Å².